The molecular formula is C25H28N2O7S. The summed E-state index contributed by atoms with van der Waals surface area (Å²) in [7, 11) is -4.21. The topological polar surface area (TPSA) is 132 Å². The number of aliphatic carboxylic acids is 1. The standard InChI is InChI=1S/C25H28N2O7S/c28-24(29)8-5-12-27-11-4-6-18-14-20-15-21(25(30)34-23(20)16-22(18)27)19-7-3-10-26(17-19)9-1-2-13-35(31,32)33/h3,7,10,14-17H,1-2,4-6,8-9,11-13H2,(H-,28,29,31,32,33). The van der Waals surface area contributed by atoms with Gasteiger partial charge in [0.05, 0.1) is 21.2 Å². The van der Waals surface area contributed by atoms with Crippen LogP contribution in [-0.4, -0.2) is 42.9 Å². The second-order valence-electron chi connectivity index (χ2n) is 8.85. The molecular weight excluding hydrogens is 472 g/mol. The maximum absolute atomic E-state index is 12.9. The molecule has 1 aliphatic rings. The van der Waals surface area contributed by atoms with E-state index in [1.165, 1.54) is 0 Å². The molecule has 1 N–H and O–H groups in total. The maximum Gasteiger partial charge on any atom is 0.344 e. The minimum Gasteiger partial charge on any atom is -0.748 e. The number of hydrogen-bond acceptors (Lipinski definition) is 7. The molecule has 4 rings (SSSR count). The minimum absolute atomic E-state index is 0.118. The Morgan fingerprint density at radius 2 is 2.03 bits per heavy atom. The van der Waals surface area contributed by atoms with Crippen LogP contribution in [0.4, 0.5) is 5.69 Å². The molecule has 10 heteroatoms. The third-order valence-corrected chi connectivity index (χ3v) is 6.99. The van der Waals surface area contributed by atoms with Gasteiger partial charge in [-0.25, -0.2) is 17.8 Å². The Morgan fingerprint density at radius 1 is 1.20 bits per heavy atom. The number of benzene rings is 1. The Morgan fingerprint density at radius 3 is 2.80 bits per heavy atom. The van der Waals surface area contributed by atoms with E-state index >= 15 is 0 Å². The zero-order valence-corrected chi connectivity index (χ0v) is 20.1. The summed E-state index contributed by atoms with van der Waals surface area (Å²) >= 11 is 0. The van der Waals surface area contributed by atoms with Gasteiger partial charge in [-0.15, -0.1) is 0 Å². The minimum atomic E-state index is -4.21. The number of nitrogens with zero attached hydrogens (tertiary/aromatic N) is 2. The summed E-state index contributed by atoms with van der Waals surface area (Å²) in [6.45, 7) is 2.00. The zero-order chi connectivity index (χ0) is 25.0. The van der Waals surface area contributed by atoms with Crippen LogP contribution in [0.15, 0.2) is 51.9 Å². The number of pyridine rings is 1. The van der Waals surface area contributed by atoms with Crippen molar-refractivity contribution in [3.63, 3.8) is 0 Å². The number of rotatable bonds is 10. The highest BCUT2D eigenvalue weighted by atomic mass is 32.2. The predicted octanol–water partition coefficient (Wildman–Crippen LogP) is 2.69. The molecule has 0 aliphatic carbocycles. The second-order valence-corrected chi connectivity index (χ2v) is 10.4. The Hall–Kier alpha value is -3.24. The normalized spacial score (nSPS) is 13.7. The molecule has 3 heterocycles. The number of carbonyl (C=O) groups is 1. The summed E-state index contributed by atoms with van der Waals surface area (Å²) in [6.07, 6.45) is 6.99. The number of aryl methyl sites for hydroxylation is 2. The Bertz CT molecular complexity index is 1400. The SMILES string of the molecule is O=C(O)CCCN1CCCc2cc3cc(-c4ccc[n+](CCCCS(=O)(=O)[O-])c4)c(=O)oc3cc21. The number of aromatic nitrogens is 1. The molecule has 35 heavy (non-hydrogen) atoms. The number of fused-ring (bicyclic) bond motifs is 2. The Kier molecular flexibility index (Phi) is 7.51. The summed E-state index contributed by atoms with van der Waals surface area (Å²) < 4.78 is 39.9. The molecule has 0 radical (unpaired) electrons. The maximum atomic E-state index is 12.9. The van der Waals surface area contributed by atoms with Crippen LogP contribution >= 0.6 is 0 Å². The molecule has 0 saturated heterocycles. The fraction of sp³-hybridized carbons (Fsp3) is 0.400. The van der Waals surface area contributed by atoms with Gasteiger partial charge in [-0.2, -0.15) is 0 Å². The van der Waals surface area contributed by atoms with Gasteiger partial charge in [0.2, 0.25) is 0 Å². The van der Waals surface area contributed by atoms with Gasteiger partial charge >= 0.3 is 11.6 Å². The van der Waals surface area contributed by atoms with Gasteiger partial charge in [0, 0.05) is 54.9 Å². The van der Waals surface area contributed by atoms with E-state index in [0.717, 1.165) is 36.0 Å². The lowest BCUT2D eigenvalue weighted by atomic mass is 9.98. The molecule has 0 atom stereocenters. The smallest absolute Gasteiger partial charge is 0.344 e. The van der Waals surface area contributed by atoms with Crippen molar-refractivity contribution in [1.29, 1.82) is 0 Å². The molecule has 1 aromatic carbocycles. The average molecular weight is 501 g/mol. The molecule has 0 saturated carbocycles. The third kappa shape index (κ3) is 6.46. The highest BCUT2D eigenvalue weighted by molar-refractivity contribution is 7.85. The van der Waals surface area contributed by atoms with E-state index in [2.05, 4.69) is 4.90 Å². The van der Waals surface area contributed by atoms with Crippen LogP contribution in [0.5, 0.6) is 0 Å². The molecule has 2 aromatic heterocycles. The van der Waals surface area contributed by atoms with Crippen molar-refractivity contribution in [2.75, 3.05) is 23.7 Å². The first kappa shape index (κ1) is 24.9. The van der Waals surface area contributed by atoms with Crippen molar-refractivity contribution in [2.24, 2.45) is 0 Å². The van der Waals surface area contributed by atoms with Crippen LogP contribution in [0.25, 0.3) is 22.1 Å². The van der Waals surface area contributed by atoms with Gasteiger partial charge in [-0.1, -0.05) is 0 Å². The van der Waals surface area contributed by atoms with E-state index in [1.54, 1.807) is 0 Å². The molecule has 0 amide bonds. The van der Waals surface area contributed by atoms with Gasteiger partial charge in [-0.05, 0) is 49.4 Å². The predicted molar refractivity (Wildman–Crippen MR) is 129 cm³/mol. The van der Waals surface area contributed by atoms with E-state index in [4.69, 9.17) is 9.52 Å². The van der Waals surface area contributed by atoms with Crippen molar-refractivity contribution in [2.45, 2.75) is 45.1 Å². The first-order valence-corrected chi connectivity index (χ1v) is 13.3. The molecule has 3 aromatic rings. The van der Waals surface area contributed by atoms with E-state index in [9.17, 15) is 22.6 Å². The summed E-state index contributed by atoms with van der Waals surface area (Å²) in [6, 6.07) is 9.38. The van der Waals surface area contributed by atoms with Gasteiger partial charge in [0.15, 0.2) is 12.4 Å². The van der Waals surface area contributed by atoms with E-state index < -0.39 is 21.7 Å². The van der Waals surface area contributed by atoms with E-state index in [-0.39, 0.29) is 18.6 Å². The van der Waals surface area contributed by atoms with Crippen molar-refractivity contribution in [3.05, 3.63) is 58.7 Å². The van der Waals surface area contributed by atoms with Crippen LogP contribution in [0, 0.1) is 0 Å². The number of carboxylic acid groups (broad SMARTS) is 1. The van der Waals surface area contributed by atoms with E-state index in [0.29, 0.717) is 42.6 Å². The van der Waals surface area contributed by atoms with Crippen LogP contribution < -0.4 is 15.1 Å². The molecule has 1 aliphatic heterocycles. The fourth-order valence-corrected chi connectivity index (χ4v) is 5.08. The summed E-state index contributed by atoms with van der Waals surface area (Å²) in [5, 5.41) is 9.75. The van der Waals surface area contributed by atoms with Crippen LogP contribution in [0.2, 0.25) is 0 Å². The molecule has 0 unspecified atom stereocenters. The highest BCUT2D eigenvalue weighted by Gasteiger charge is 2.20. The Labute approximate surface area is 203 Å². The monoisotopic (exact) mass is 500 g/mol. The second kappa shape index (κ2) is 10.6. The molecule has 0 fully saturated rings. The average Bonchev–Trinajstić information content (AvgIpc) is 2.80. The molecule has 9 nitrogen and oxygen atoms in total. The van der Waals surface area contributed by atoms with Gasteiger partial charge < -0.3 is 19.0 Å². The molecule has 0 bridgehead atoms. The van der Waals surface area contributed by atoms with Crippen molar-refractivity contribution in [3.8, 4) is 11.1 Å². The Balaban J connectivity index is 1.57. The quantitative estimate of drug-likeness (QED) is 0.195. The van der Waals surface area contributed by atoms with Gasteiger partial charge in [0.1, 0.15) is 12.1 Å². The summed E-state index contributed by atoms with van der Waals surface area (Å²) in [5.41, 5.74) is 3.29. The lowest BCUT2D eigenvalue weighted by Crippen LogP contribution is -2.33. The number of anilines is 1. The summed E-state index contributed by atoms with van der Waals surface area (Å²) in [5.74, 6) is -1.19. The highest BCUT2D eigenvalue weighted by Crippen LogP contribution is 2.32. The summed E-state index contributed by atoms with van der Waals surface area (Å²) in [4.78, 5) is 25.9. The number of hydrogen-bond donors (Lipinski definition) is 1. The first-order chi connectivity index (χ1) is 16.7. The lowest BCUT2D eigenvalue weighted by Gasteiger charge is -2.31. The zero-order valence-electron chi connectivity index (χ0n) is 19.3. The molecule has 186 valence electrons. The van der Waals surface area contributed by atoms with Crippen molar-refractivity contribution >= 4 is 32.7 Å². The molecule has 0 spiro atoms. The number of unbranched alkanes of at least 4 members (excludes halogenated alkanes) is 1. The third-order valence-electron chi connectivity index (χ3n) is 6.20. The number of carboxylic acids is 1. The van der Waals surface area contributed by atoms with Gasteiger partial charge in [0.25, 0.3) is 0 Å². The van der Waals surface area contributed by atoms with Crippen molar-refractivity contribution in [1.82, 2.24) is 0 Å². The van der Waals surface area contributed by atoms with Crippen LogP contribution in [-0.2, 0) is 27.9 Å². The van der Waals surface area contributed by atoms with Crippen molar-refractivity contribution < 1.29 is 31.9 Å². The van der Waals surface area contributed by atoms with E-state index in [1.807, 2.05) is 47.3 Å². The van der Waals surface area contributed by atoms with Crippen LogP contribution in [0.1, 0.15) is 37.7 Å². The largest absolute Gasteiger partial charge is 0.748 e. The fourth-order valence-electron chi connectivity index (χ4n) is 4.53. The lowest BCUT2D eigenvalue weighted by molar-refractivity contribution is -0.696. The van der Waals surface area contributed by atoms with Crippen LogP contribution in [0.3, 0.4) is 0 Å². The van der Waals surface area contributed by atoms with Gasteiger partial charge in [-0.3, -0.25) is 4.79 Å². The first-order valence-electron chi connectivity index (χ1n) is 11.7.